The third kappa shape index (κ3) is 3.04. The van der Waals surface area contributed by atoms with E-state index in [0.717, 1.165) is 18.6 Å². The molecule has 1 aromatic carbocycles. The molecule has 110 valence electrons. The molecular formula is C17H27N3. The molecule has 0 atom stereocenters. The molecule has 1 aromatic heterocycles. The lowest BCUT2D eigenvalue weighted by Gasteiger charge is -2.21. The van der Waals surface area contributed by atoms with Crippen LogP contribution in [0.1, 0.15) is 63.6 Å². The maximum absolute atomic E-state index is 4.45. The number of piperidine rings is 1. The van der Waals surface area contributed by atoms with Crippen LogP contribution >= 0.6 is 0 Å². The van der Waals surface area contributed by atoms with Gasteiger partial charge in [0.1, 0.15) is 0 Å². The number of fused-ring (bicyclic) bond motifs is 1. The summed E-state index contributed by atoms with van der Waals surface area (Å²) < 4.78 is 0. The quantitative estimate of drug-likeness (QED) is 0.861. The Hall–Kier alpha value is -1.35. The Kier molecular flexibility index (Phi) is 5.18. The molecule has 0 spiro atoms. The van der Waals surface area contributed by atoms with E-state index < -0.39 is 0 Å². The molecule has 0 bridgehead atoms. The molecule has 0 unspecified atom stereocenters. The highest BCUT2D eigenvalue weighted by Gasteiger charge is 2.19. The van der Waals surface area contributed by atoms with E-state index >= 15 is 0 Å². The molecule has 2 N–H and O–H groups in total. The van der Waals surface area contributed by atoms with E-state index in [2.05, 4.69) is 47.6 Å². The monoisotopic (exact) mass is 273 g/mol. The second-order valence-electron chi connectivity index (χ2n) is 5.59. The van der Waals surface area contributed by atoms with Gasteiger partial charge >= 0.3 is 0 Å². The average molecular weight is 273 g/mol. The molecule has 20 heavy (non-hydrogen) atoms. The molecular weight excluding hydrogens is 246 g/mol. The summed E-state index contributed by atoms with van der Waals surface area (Å²) in [5.74, 6) is 1.21. The molecule has 3 heteroatoms. The molecule has 1 aliphatic rings. The minimum atomic E-state index is 0.574. The smallest absolute Gasteiger partial charge is 0.0924 e. The predicted molar refractivity (Wildman–Crippen MR) is 86.4 cm³/mol. The molecule has 3 nitrogen and oxygen atoms in total. The van der Waals surface area contributed by atoms with Crippen LogP contribution in [0.25, 0.3) is 10.9 Å². The number of H-pyrrole nitrogens is 1. The Balaban J connectivity index is 0.000000704. The fourth-order valence-electron chi connectivity index (χ4n) is 2.83. The number of aromatic nitrogens is 2. The Labute approximate surface area is 122 Å². The number of aromatic amines is 1. The molecule has 3 rings (SSSR count). The molecule has 2 heterocycles. The fraction of sp³-hybridized carbons (Fsp3) is 0.588. The van der Waals surface area contributed by atoms with Gasteiger partial charge in [0.05, 0.1) is 5.52 Å². The van der Waals surface area contributed by atoms with Crippen molar-refractivity contribution in [1.82, 2.24) is 15.5 Å². The summed E-state index contributed by atoms with van der Waals surface area (Å²) in [5.41, 5.74) is 3.85. The molecule has 0 saturated carbocycles. The summed E-state index contributed by atoms with van der Waals surface area (Å²) in [6, 6.07) is 6.66. The van der Waals surface area contributed by atoms with Gasteiger partial charge in [-0.3, -0.25) is 5.10 Å². The first-order chi connectivity index (χ1) is 9.75. The Morgan fingerprint density at radius 3 is 2.50 bits per heavy atom. The molecule has 0 aliphatic carbocycles. The number of nitrogens with one attached hydrogen (secondary N) is 2. The minimum absolute atomic E-state index is 0.574. The Morgan fingerprint density at radius 1 is 1.15 bits per heavy atom. The first kappa shape index (κ1) is 15.0. The van der Waals surface area contributed by atoms with Crippen LogP contribution in [0, 0.1) is 0 Å². The molecule has 0 radical (unpaired) electrons. The van der Waals surface area contributed by atoms with Crippen molar-refractivity contribution in [3.8, 4) is 0 Å². The highest BCUT2D eigenvalue weighted by Crippen LogP contribution is 2.31. The van der Waals surface area contributed by atoms with Crippen molar-refractivity contribution < 1.29 is 0 Å². The van der Waals surface area contributed by atoms with Crippen molar-refractivity contribution in [2.75, 3.05) is 13.1 Å². The van der Waals surface area contributed by atoms with Crippen molar-refractivity contribution in [2.24, 2.45) is 0 Å². The van der Waals surface area contributed by atoms with Crippen molar-refractivity contribution in [1.29, 1.82) is 0 Å². The highest BCUT2D eigenvalue weighted by molar-refractivity contribution is 5.82. The van der Waals surface area contributed by atoms with E-state index in [9.17, 15) is 0 Å². The summed E-state index contributed by atoms with van der Waals surface area (Å²) >= 11 is 0. The lowest BCUT2D eigenvalue weighted by molar-refractivity contribution is 0.454. The lowest BCUT2D eigenvalue weighted by Crippen LogP contribution is -2.26. The van der Waals surface area contributed by atoms with Gasteiger partial charge in [-0.15, -0.1) is 0 Å². The van der Waals surface area contributed by atoms with Crippen LogP contribution in [0.2, 0.25) is 0 Å². The standard InChI is InChI=1S/C15H21N3.C2H6/c1-10(2)12-3-4-14-13(9-12)15(18-17-14)11-5-7-16-8-6-11;1-2/h3-4,9-11,16H,5-8H2,1-2H3,(H,17,18);1-2H3. The predicted octanol–water partition coefficient (Wildman–Crippen LogP) is 4.18. The summed E-state index contributed by atoms with van der Waals surface area (Å²) in [7, 11) is 0. The van der Waals surface area contributed by atoms with Crippen molar-refractivity contribution in [2.45, 2.75) is 52.4 Å². The average Bonchev–Trinajstić information content (AvgIpc) is 2.93. The third-order valence-corrected chi connectivity index (χ3v) is 4.02. The number of hydrogen-bond acceptors (Lipinski definition) is 2. The molecule has 1 aliphatic heterocycles. The first-order valence-electron chi connectivity index (χ1n) is 7.94. The number of rotatable bonds is 2. The summed E-state index contributed by atoms with van der Waals surface area (Å²) in [5, 5.41) is 12.5. The molecule has 2 aromatic rings. The second-order valence-corrected chi connectivity index (χ2v) is 5.59. The SMILES string of the molecule is CC.CC(C)c1ccc2n[nH]c(C3CCNCC3)c2c1. The van der Waals surface area contributed by atoms with Gasteiger partial charge in [0.25, 0.3) is 0 Å². The van der Waals surface area contributed by atoms with Gasteiger partial charge in [-0.05, 0) is 49.5 Å². The van der Waals surface area contributed by atoms with Crippen molar-refractivity contribution in [3.63, 3.8) is 0 Å². The van der Waals surface area contributed by atoms with Crippen molar-refractivity contribution >= 4 is 10.9 Å². The topological polar surface area (TPSA) is 40.7 Å². The van der Waals surface area contributed by atoms with Gasteiger partial charge in [0, 0.05) is 17.0 Å². The van der Waals surface area contributed by atoms with E-state index in [1.54, 1.807) is 0 Å². The van der Waals surface area contributed by atoms with Crippen LogP contribution in [0.4, 0.5) is 0 Å². The van der Waals surface area contributed by atoms with Gasteiger partial charge < -0.3 is 5.32 Å². The maximum Gasteiger partial charge on any atom is 0.0924 e. The molecule has 0 amide bonds. The maximum atomic E-state index is 4.45. The van der Waals surface area contributed by atoms with Crippen LogP contribution in [0.5, 0.6) is 0 Å². The van der Waals surface area contributed by atoms with Crippen molar-refractivity contribution in [3.05, 3.63) is 29.5 Å². The van der Waals surface area contributed by atoms with Crippen LogP contribution in [0.3, 0.4) is 0 Å². The number of benzene rings is 1. The zero-order valence-electron chi connectivity index (χ0n) is 13.2. The minimum Gasteiger partial charge on any atom is -0.317 e. The van der Waals surface area contributed by atoms with Crippen LogP contribution in [-0.4, -0.2) is 23.3 Å². The number of hydrogen-bond donors (Lipinski definition) is 2. The fourth-order valence-corrected chi connectivity index (χ4v) is 2.83. The van der Waals surface area contributed by atoms with Gasteiger partial charge in [0.2, 0.25) is 0 Å². The molecule has 1 fully saturated rings. The summed E-state index contributed by atoms with van der Waals surface area (Å²) in [6.07, 6.45) is 2.42. The van der Waals surface area contributed by atoms with Gasteiger partial charge in [-0.2, -0.15) is 5.10 Å². The zero-order valence-corrected chi connectivity index (χ0v) is 13.2. The lowest BCUT2D eigenvalue weighted by atomic mass is 9.91. The Bertz CT molecular complexity index is 536. The summed E-state index contributed by atoms with van der Waals surface area (Å²) in [4.78, 5) is 0. The number of nitrogens with zero attached hydrogens (tertiary/aromatic N) is 1. The van der Waals surface area contributed by atoms with E-state index in [1.807, 2.05) is 13.8 Å². The summed E-state index contributed by atoms with van der Waals surface area (Å²) in [6.45, 7) is 10.7. The van der Waals surface area contributed by atoms with Gasteiger partial charge in [-0.25, -0.2) is 0 Å². The zero-order chi connectivity index (χ0) is 14.5. The van der Waals surface area contributed by atoms with E-state index in [-0.39, 0.29) is 0 Å². The Morgan fingerprint density at radius 2 is 1.85 bits per heavy atom. The van der Waals surface area contributed by atoms with Crippen LogP contribution < -0.4 is 5.32 Å². The first-order valence-corrected chi connectivity index (χ1v) is 7.94. The van der Waals surface area contributed by atoms with E-state index in [1.165, 1.54) is 29.5 Å². The second kappa shape index (κ2) is 6.89. The van der Waals surface area contributed by atoms with Gasteiger partial charge in [0.15, 0.2) is 0 Å². The van der Waals surface area contributed by atoms with Crippen LogP contribution in [0.15, 0.2) is 18.2 Å². The third-order valence-electron chi connectivity index (χ3n) is 4.02. The largest absolute Gasteiger partial charge is 0.317 e. The highest BCUT2D eigenvalue weighted by atomic mass is 15.1. The molecule has 1 saturated heterocycles. The van der Waals surface area contributed by atoms with E-state index in [0.29, 0.717) is 11.8 Å². The van der Waals surface area contributed by atoms with Gasteiger partial charge in [-0.1, -0.05) is 33.8 Å². The normalized spacial score (nSPS) is 16.2. The van der Waals surface area contributed by atoms with Crippen LogP contribution in [-0.2, 0) is 0 Å². The van der Waals surface area contributed by atoms with E-state index in [4.69, 9.17) is 0 Å².